The number of carbonyl (C=O) groups is 3. The highest BCUT2D eigenvalue weighted by molar-refractivity contribution is 5.95. The SMILES string of the molecule is Cc1ccc(NC(=O)[C@@H](C)OC(=O)[C@@H]2CCCN2C(=O)OC(C)(C)C)cc1. The van der Waals surface area contributed by atoms with Crippen LogP contribution in [0.1, 0.15) is 46.1 Å². The molecule has 27 heavy (non-hydrogen) atoms. The van der Waals surface area contributed by atoms with Crippen molar-refractivity contribution >= 4 is 23.7 Å². The number of nitrogens with zero attached hydrogens (tertiary/aromatic N) is 1. The number of rotatable bonds is 4. The Hall–Kier alpha value is -2.57. The van der Waals surface area contributed by atoms with Crippen LogP contribution in [0.5, 0.6) is 0 Å². The van der Waals surface area contributed by atoms with Gasteiger partial charge in [-0.25, -0.2) is 9.59 Å². The van der Waals surface area contributed by atoms with E-state index < -0.39 is 35.7 Å². The topological polar surface area (TPSA) is 84.9 Å². The molecule has 1 aromatic carbocycles. The van der Waals surface area contributed by atoms with Crippen molar-refractivity contribution in [2.45, 2.75) is 65.2 Å². The van der Waals surface area contributed by atoms with Gasteiger partial charge < -0.3 is 14.8 Å². The first kappa shape index (κ1) is 20.7. The smallest absolute Gasteiger partial charge is 0.411 e. The third-order valence-electron chi connectivity index (χ3n) is 4.13. The predicted molar refractivity (Wildman–Crippen MR) is 101 cm³/mol. The van der Waals surface area contributed by atoms with Gasteiger partial charge in [0.1, 0.15) is 11.6 Å². The van der Waals surface area contributed by atoms with Crippen molar-refractivity contribution in [1.82, 2.24) is 4.90 Å². The monoisotopic (exact) mass is 376 g/mol. The zero-order valence-electron chi connectivity index (χ0n) is 16.6. The van der Waals surface area contributed by atoms with Crippen molar-refractivity contribution in [2.24, 2.45) is 0 Å². The summed E-state index contributed by atoms with van der Waals surface area (Å²) in [7, 11) is 0. The summed E-state index contributed by atoms with van der Waals surface area (Å²) in [6.45, 7) is 9.20. The Bertz CT molecular complexity index is 693. The molecule has 7 heteroatoms. The molecule has 0 unspecified atom stereocenters. The Morgan fingerprint density at radius 1 is 1.19 bits per heavy atom. The van der Waals surface area contributed by atoms with Crippen LogP contribution in [0, 0.1) is 6.92 Å². The van der Waals surface area contributed by atoms with Crippen LogP contribution in [0.4, 0.5) is 10.5 Å². The van der Waals surface area contributed by atoms with Crippen LogP contribution in [-0.4, -0.2) is 47.2 Å². The maximum Gasteiger partial charge on any atom is 0.411 e. The fourth-order valence-electron chi connectivity index (χ4n) is 2.74. The summed E-state index contributed by atoms with van der Waals surface area (Å²) in [6, 6.07) is 6.59. The quantitative estimate of drug-likeness (QED) is 0.815. The minimum Gasteiger partial charge on any atom is -0.451 e. The number of carbonyl (C=O) groups excluding carboxylic acids is 3. The van der Waals surface area contributed by atoms with Crippen molar-refractivity contribution in [2.75, 3.05) is 11.9 Å². The largest absolute Gasteiger partial charge is 0.451 e. The van der Waals surface area contributed by atoms with Gasteiger partial charge in [0.05, 0.1) is 0 Å². The maximum absolute atomic E-state index is 12.5. The van der Waals surface area contributed by atoms with E-state index in [1.807, 2.05) is 19.1 Å². The van der Waals surface area contributed by atoms with E-state index in [1.165, 1.54) is 11.8 Å². The minimum atomic E-state index is -0.972. The second-order valence-electron chi connectivity index (χ2n) is 7.77. The number of likely N-dealkylation sites (tertiary alicyclic amines) is 1. The summed E-state index contributed by atoms with van der Waals surface area (Å²) in [5, 5.41) is 2.71. The van der Waals surface area contributed by atoms with E-state index in [4.69, 9.17) is 9.47 Å². The molecule has 1 fully saturated rings. The average Bonchev–Trinajstić information content (AvgIpc) is 3.05. The third kappa shape index (κ3) is 5.98. The Balaban J connectivity index is 1.93. The van der Waals surface area contributed by atoms with Gasteiger partial charge in [0.2, 0.25) is 0 Å². The second-order valence-corrected chi connectivity index (χ2v) is 7.77. The van der Waals surface area contributed by atoms with Crippen molar-refractivity contribution < 1.29 is 23.9 Å². The van der Waals surface area contributed by atoms with E-state index in [1.54, 1.807) is 32.9 Å². The normalized spacial score (nSPS) is 18.0. The van der Waals surface area contributed by atoms with Crippen LogP contribution in [0.15, 0.2) is 24.3 Å². The highest BCUT2D eigenvalue weighted by Crippen LogP contribution is 2.22. The molecule has 1 aliphatic heterocycles. The van der Waals surface area contributed by atoms with Crippen molar-refractivity contribution in [3.8, 4) is 0 Å². The van der Waals surface area contributed by atoms with Gasteiger partial charge in [-0.05, 0) is 59.6 Å². The number of aryl methyl sites for hydroxylation is 1. The third-order valence-corrected chi connectivity index (χ3v) is 4.13. The minimum absolute atomic E-state index is 0.422. The zero-order valence-corrected chi connectivity index (χ0v) is 16.6. The lowest BCUT2D eigenvalue weighted by Crippen LogP contribution is -2.45. The van der Waals surface area contributed by atoms with E-state index in [2.05, 4.69) is 5.32 Å². The van der Waals surface area contributed by atoms with Crippen LogP contribution in [0.3, 0.4) is 0 Å². The summed E-state index contributed by atoms with van der Waals surface area (Å²) < 4.78 is 10.6. The van der Waals surface area contributed by atoms with E-state index >= 15 is 0 Å². The molecule has 0 bridgehead atoms. The van der Waals surface area contributed by atoms with Crippen molar-refractivity contribution in [1.29, 1.82) is 0 Å². The number of benzene rings is 1. The molecule has 7 nitrogen and oxygen atoms in total. The van der Waals surface area contributed by atoms with E-state index in [0.29, 0.717) is 25.1 Å². The fraction of sp³-hybridized carbons (Fsp3) is 0.550. The number of nitrogens with one attached hydrogen (secondary N) is 1. The van der Waals surface area contributed by atoms with E-state index in [0.717, 1.165) is 5.56 Å². The Labute approximate surface area is 160 Å². The molecule has 1 aliphatic rings. The van der Waals surface area contributed by atoms with Gasteiger partial charge in [-0.1, -0.05) is 17.7 Å². The molecule has 2 amide bonds. The predicted octanol–water partition coefficient (Wildman–Crippen LogP) is 3.26. The lowest BCUT2D eigenvalue weighted by Gasteiger charge is -2.28. The summed E-state index contributed by atoms with van der Waals surface area (Å²) >= 11 is 0. The fourth-order valence-corrected chi connectivity index (χ4v) is 2.74. The van der Waals surface area contributed by atoms with Crippen LogP contribution in [-0.2, 0) is 19.1 Å². The Morgan fingerprint density at radius 3 is 2.41 bits per heavy atom. The molecule has 0 spiro atoms. The maximum atomic E-state index is 12.5. The molecule has 2 atom stereocenters. The lowest BCUT2D eigenvalue weighted by atomic mass is 10.2. The number of ether oxygens (including phenoxy) is 2. The lowest BCUT2D eigenvalue weighted by molar-refractivity contribution is -0.157. The molecule has 1 N–H and O–H groups in total. The average molecular weight is 376 g/mol. The van der Waals surface area contributed by atoms with Gasteiger partial charge in [0, 0.05) is 12.2 Å². The number of amides is 2. The van der Waals surface area contributed by atoms with Gasteiger partial charge in [-0.2, -0.15) is 0 Å². The molecular formula is C20H28N2O5. The van der Waals surface area contributed by atoms with E-state index in [-0.39, 0.29) is 0 Å². The van der Waals surface area contributed by atoms with Gasteiger partial charge in [-0.3, -0.25) is 9.69 Å². The first-order chi connectivity index (χ1) is 12.6. The number of esters is 1. The van der Waals surface area contributed by atoms with Gasteiger partial charge in [0.15, 0.2) is 6.10 Å². The summed E-state index contributed by atoms with van der Waals surface area (Å²) in [6.07, 6.45) is -0.341. The van der Waals surface area contributed by atoms with Crippen LogP contribution in [0.25, 0.3) is 0 Å². The van der Waals surface area contributed by atoms with Crippen molar-refractivity contribution in [3.05, 3.63) is 29.8 Å². The van der Waals surface area contributed by atoms with Crippen LogP contribution >= 0.6 is 0 Å². The van der Waals surface area contributed by atoms with Gasteiger partial charge >= 0.3 is 12.1 Å². The highest BCUT2D eigenvalue weighted by Gasteiger charge is 2.38. The summed E-state index contributed by atoms with van der Waals surface area (Å²) in [4.78, 5) is 38.4. The molecule has 0 aliphatic carbocycles. The zero-order chi connectivity index (χ0) is 20.2. The standard InChI is InChI=1S/C20H28N2O5/c1-13-8-10-15(11-9-13)21-17(23)14(2)26-18(24)16-7-6-12-22(16)19(25)27-20(3,4)5/h8-11,14,16H,6-7,12H2,1-5H3,(H,21,23)/t14-,16+/m1/s1. The van der Waals surface area contributed by atoms with Gasteiger partial charge in [-0.15, -0.1) is 0 Å². The molecule has 1 saturated heterocycles. The first-order valence-corrected chi connectivity index (χ1v) is 9.14. The van der Waals surface area contributed by atoms with Gasteiger partial charge in [0.25, 0.3) is 5.91 Å². The molecule has 0 saturated carbocycles. The van der Waals surface area contributed by atoms with E-state index in [9.17, 15) is 14.4 Å². The highest BCUT2D eigenvalue weighted by atomic mass is 16.6. The number of hydrogen-bond acceptors (Lipinski definition) is 5. The first-order valence-electron chi connectivity index (χ1n) is 9.14. The van der Waals surface area contributed by atoms with Crippen LogP contribution in [0.2, 0.25) is 0 Å². The second kappa shape index (κ2) is 8.41. The summed E-state index contributed by atoms with van der Waals surface area (Å²) in [5.74, 6) is -1.01. The number of hydrogen-bond donors (Lipinski definition) is 1. The number of anilines is 1. The molecule has 1 aromatic rings. The van der Waals surface area contributed by atoms with Crippen LogP contribution < -0.4 is 5.32 Å². The molecular weight excluding hydrogens is 348 g/mol. The molecule has 2 rings (SSSR count). The molecule has 0 radical (unpaired) electrons. The summed E-state index contributed by atoms with van der Waals surface area (Å²) in [5.41, 5.74) is 1.07. The Morgan fingerprint density at radius 2 is 1.81 bits per heavy atom. The Kier molecular flexibility index (Phi) is 6.46. The molecule has 148 valence electrons. The molecule has 1 heterocycles. The molecule has 0 aromatic heterocycles. The van der Waals surface area contributed by atoms with Crippen molar-refractivity contribution in [3.63, 3.8) is 0 Å².